The zero-order valence-corrected chi connectivity index (χ0v) is 7.95. The monoisotopic (exact) mass is 198 g/mol. The first-order valence-corrected chi connectivity index (χ1v) is 4.39. The normalized spacial score (nSPS) is 12.4. The van der Waals surface area contributed by atoms with E-state index in [1.807, 2.05) is 6.92 Å². The molecule has 6 nitrogen and oxygen atoms in total. The van der Waals surface area contributed by atoms with Gasteiger partial charge in [0.25, 0.3) is 5.91 Å². The van der Waals surface area contributed by atoms with Crippen LogP contribution < -0.4 is 11.1 Å². The summed E-state index contributed by atoms with van der Waals surface area (Å²) in [5.41, 5.74) is 6.02. The number of aromatic nitrogens is 2. The van der Waals surface area contributed by atoms with Crippen LogP contribution in [0.1, 0.15) is 23.8 Å². The number of nitrogen functional groups attached to an aromatic ring is 1. The second-order valence-electron chi connectivity index (χ2n) is 2.96. The van der Waals surface area contributed by atoms with Gasteiger partial charge in [-0.3, -0.25) is 9.89 Å². The number of aliphatic hydroxyl groups is 1. The first-order chi connectivity index (χ1) is 6.69. The van der Waals surface area contributed by atoms with Crippen LogP contribution >= 0.6 is 0 Å². The summed E-state index contributed by atoms with van der Waals surface area (Å²) in [5.74, 6) is -0.346. The molecule has 0 unspecified atom stereocenters. The van der Waals surface area contributed by atoms with Crippen molar-refractivity contribution in [3.8, 4) is 0 Å². The Morgan fingerprint density at radius 1 is 1.86 bits per heavy atom. The quantitative estimate of drug-likeness (QED) is 0.523. The predicted octanol–water partition coefficient (Wildman–Crippen LogP) is -0.507. The van der Waals surface area contributed by atoms with Crippen LogP contribution in [0, 0.1) is 0 Å². The van der Waals surface area contributed by atoms with Crippen LogP contribution in [0.2, 0.25) is 0 Å². The van der Waals surface area contributed by atoms with E-state index in [0.29, 0.717) is 12.1 Å². The van der Waals surface area contributed by atoms with Gasteiger partial charge >= 0.3 is 0 Å². The van der Waals surface area contributed by atoms with Crippen molar-refractivity contribution in [1.82, 2.24) is 15.5 Å². The molecule has 0 spiro atoms. The van der Waals surface area contributed by atoms with Crippen molar-refractivity contribution in [2.45, 2.75) is 19.4 Å². The lowest BCUT2D eigenvalue weighted by Gasteiger charge is -2.12. The van der Waals surface area contributed by atoms with Crippen LogP contribution in [-0.2, 0) is 0 Å². The molecule has 1 aromatic heterocycles. The summed E-state index contributed by atoms with van der Waals surface area (Å²) < 4.78 is 0. The van der Waals surface area contributed by atoms with E-state index in [2.05, 4.69) is 15.5 Å². The van der Waals surface area contributed by atoms with Gasteiger partial charge in [0.05, 0.1) is 24.5 Å². The molecule has 0 radical (unpaired) electrons. The molecular weight excluding hydrogens is 184 g/mol. The zero-order valence-electron chi connectivity index (χ0n) is 7.95. The lowest BCUT2D eigenvalue weighted by molar-refractivity contribution is 0.0911. The average molecular weight is 198 g/mol. The maximum Gasteiger partial charge on any atom is 0.271 e. The minimum absolute atomic E-state index is 0.0870. The highest BCUT2D eigenvalue weighted by atomic mass is 16.3. The van der Waals surface area contributed by atoms with E-state index >= 15 is 0 Å². The molecule has 1 rings (SSSR count). The summed E-state index contributed by atoms with van der Waals surface area (Å²) in [7, 11) is 0. The molecule has 0 aromatic carbocycles. The highest BCUT2D eigenvalue weighted by Crippen LogP contribution is 2.05. The van der Waals surface area contributed by atoms with Crippen molar-refractivity contribution in [1.29, 1.82) is 0 Å². The maximum absolute atomic E-state index is 11.5. The maximum atomic E-state index is 11.5. The molecule has 0 bridgehead atoms. The first-order valence-electron chi connectivity index (χ1n) is 4.39. The number of rotatable bonds is 4. The van der Waals surface area contributed by atoms with Crippen molar-refractivity contribution in [3.05, 3.63) is 11.9 Å². The number of H-pyrrole nitrogens is 1. The van der Waals surface area contributed by atoms with Gasteiger partial charge in [0.2, 0.25) is 0 Å². The van der Waals surface area contributed by atoms with Crippen molar-refractivity contribution in [2.24, 2.45) is 0 Å². The van der Waals surface area contributed by atoms with Gasteiger partial charge in [-0.25, -0.2) is 0 Å². The highest BCUT2D eigenvalue weighted by molar-refractivity contribution is 5.97. The van der Waals surface area contributed by atoms with Crippen molar-refractivity contribution < 1.29 is 9.90 Å². The number of amides is 1. The van der Waals surface area contributed by atoms with Gasteiger partial charge in [0.1, 0.15) is 5.69 Å². The second-order valence-corrected chi connectivity index (χ2v) is 2.96. The Morgan fingerprint density at radius 2 is 2.57 bits per heavy atom. The third-order valence-electron chi connectivity index (χ3n) is 1.94. The average Bonchev–Trinajstić information content (AvgIpc) is 2.60. The molecule has 0 saturated heterocycles. The van der Waals surface area contributed by atoms with E-state index in [-0.39, 0.29) is 24.2 Å². The number of nitrogens with one attached hydrogen (secondary N) is 2. The van der Waals surface area contributed by atoms with E-state index in [0.717, 1.165) is 0 Å². The molecule has 78 valence electrons. The first kappa shape index (κ1) is 10.5. The summed E-state index contributed by atoms with van der Waals surface area (Å²) in [6, 6.07) is -0.245. The summed E-state index contributed by atoms with van der Waals surface area (Å²) in [6.07, 6.45) is 2.03. The number of hydrogen-bond acceptors (Lipinski definition) is 4. The van der Waals surface area contributed by atoms with Crippen LogP contribution in [-0.4, -0.2) is 33.9 Å². The van der Waals surface area contributed by atoms with Crippen LogP contribution in [0.15, 0.2) is 6.20 Å². The van der Waals surface area contributed by atoms with E-state index in [1.54, 1.807) is 0 Å². The number of nitrogens with two attached hydrogens (primary N) is 1. The minimum Gasteiger partial charge on any atom is -0.396 e. The fourth-order valence-electron chi connectivity index (χ4n) is 1.01. The number of aromatic amines is 1. The molecular formula is C8H14N4O2. The number of carbonyl (C=O) groups excluding carboxylic acids is 1. The van der Waals surface area contributed by atoms with Crippen LogP contribution in [0.5, 0.6) is 0 Å². The fourth-order valence-corrected chi connectivity index (χ4v) is 1.01. The van der Waals surface area contributed by atoms with Crippen molar-refractivity contribution >= 4 is 11.6 Å². The lowest BCUT2D eigenvalue weighted by Crippen LogP contribution is -2.37. The molecule has 5 N–H and O–H groups in total. The Kier molecular flexibility index (Phi) is 3.47. The van der Waals surface area contributed by atoms with E-state index in [1.165, 1.54) is 6.20 Å². The number of anilines is 1. The molecule has 14 heavy (non-hydrogen) atoms. The summed E-state index contributed by atoms with van der Waals surface area (Å²) in [6.45, 7) is 1.79. The molecule has 0 aliphatic heterocycles. The molecule has 0 aliphatic rings. The molecule has 1 amide bonds. The van der Waals surface area contributed by atoms with Gasteiger partial charge < -0.3 is 16.2 Å². The van der Waals surface area contributed by atoms with Crippen molar-refractivity contribution in [3.63, 3.8) is 0 Å². The van der Waals surface area contributed by atoms with E-state index in [4.69, 9.17) is 10.8 Å². The van der Waals surface area contributed by atoms with Crippen molar-refractivity contribution in [2.75, 3.05) is 12.3 Å². The SMILES string of the molecule is CC[C@H](CO)NC(=O)c1[nH]ncc1N. The molecule has 0 fully saturated rings. The van der Waals surface area contributed by atoms with Gasteiger partial charge in [-0.2, -0.15) is 5.10 Å². The molecule has 1 atom stereocenters. The van der Waals surface area contributed by atoms with Gasteiger partial charge in [-0.05, 0) is 6.42 Å². The number of carbonyl (C=O) groups is 1. The Labute approximate surface area is 81.5 Å². The Hall–Kier alpha value is -1.56. The highest BCUT2D eigenvalue weighted by Gasteiger charge is 2.14. The van der Waals surface area contributed by atoms with Gasteiger partial charge in [0, 0.05) is 0 Å². The zero-order chi connectivity index (χ0) is 10.6. The lowest BCUT2D eigenvalue weighted by atomic mass is 10.2. The number of hydrogen-bond donors (Lipinski definition) is 4. The van der Waals surface area contributed by atoms with Crippen LogP contribution in [0.4, 0.5) is 5.69 Å². The smallest absolute Gasteiger partial charge is 0.271 e. The third-order valence-corrected chi connectivity index (χ3v) is 1.94. The molecule has 0 saturated carbocycles. The molecule has 1 aromatic rings. The fraction of sp³-hybridized carbons (Fsp3) is 0.500. The summed E-state index contributed by atoms with van der Waals surface area (Å²) in [5, 5.41) is 17.6. The Bertz CT molecular complexity index is 306. The topological polar surface area (TPSA) is 104 Å². The van der Waals surface area contributed by atoms with Gasteiger partial charge in [0.15, 0.2) is 0 Å². The Morgan fingerprint density at radius 3 is 3.00 bits per heavy atom. The summed E-state index contributed by atoms with van der Waals surface area (Å²) in [4.78, 5) is 11.5. The van der Waals surface area contributed by atoms with Gasteiger partial charge in [-0.1, -0.05) is 6.92 Å². The third kappa shape index (κ3) is 2.23. The number of aliphatic hydroxyl groups excluding tert-OH is 1. The minimum atomic E-state index is -0.346. The van der Waals surface area contributed by atoms with Crippen LogP contribution in [0.3, 0.4) is 0 Å². The van der Waals surface area contributed by atoms with Gasteiger partial charge in [-0.15, -0.1) is 0 Å². The van der Waals surface area contributed by atoms with E-state index in [9.17, 15) is 4.79 Å². The summed E-state index contributed by atoms with van der Waals surface area (Å²) >= 11 is 0. The largest absolute Gasteiger partial charge is 0.396 e. The standard InChI is InChI=1S/C8H14N4O2/c1-2-5(4-13)11-8(14)7-6(9)3-10-12-7/h3,5,13H,2,4,9H2,1H3,(H,10,12)(H,11,14)/t5-/m1/s1. The second kappa shape index (κ2) is 4.61. The predicted molar refractivity (Wildman–Crippen MR) is 51.6 cm³/mol. The number of nitrogens with zero attached hydrogens (tertiary/aromatic N) is 1. The van der Waals surface area contributed by atoms with Crippen LogP contribution in [0.25, 0.3) is 0 Å². The molecule has 1 heterocycles. The molecule has 6 heteroatoms. The molecule has 0 aliphatic carbocycles. The Balaban J connectivity index is 2.63. The van der Waals surface area contributed by atoms with E-state index < -0.39 is 0 Å².